The summed E-state index contributed by atoms with van der Waals surface area (Å²) in [5, 5.41) is 9.06. The largest absolute Gasteiger partial charge is 0.488 e. The maximum Gasteiger partial charge on any atom is 0.134 e. The number of hydrogen-bond donors (Lipinski definition) is 1. The molecule has 0 radical (unpaired) electrons. The molecule has 0 unspecified atom stereocenters. The van der Waals surface area contributed by atoms with Crippen molar-refractivity contribution < 1.29 is 9.84 Å². The van der Waals surface area contributed by atoms with Gasteiger partial charge >= 0.3 is 0 Å². The zero-order chi connectivity index (χ0) is 13.8. The van der Waals surface area contributed by atoms with Gasteiger partial charge < -0.3 is 9.84 Å². The molecule has 2 nitrogen and oxygen atoms in total. The normalized spacial score (nSPS) is 10.5. The molecular formula is C16H17BrO2. The van der Waals surface area contributed by atoms with Gasteiger partial charge in [-0.3, -0.25) is 0 Å². The van der Waals surface area contributed by atoms with Gasteiger partial charge in [0.15, 0.2) is 0 Å². The van der Waals surface area contributed by atoms with Crippen LogP contribution in [-0.2, 0) is 13.2 Å². The van der Waals surface area contributed by atoms with E-state index in [9.17, 15) is 0 Å². The Kier molecular flexibility index (Phi) is 4.61. The van der Waals surface area contributed by atoms with Gasteiger partial charge in [-0.25, -0.2) is 0 Å². The maximum atomic E-state index is 9.06. The molecule has 2 rings (SSSR count). The summed E-state index contributed by atoms with van der Waals surface area (Å²) in [4.78, 5) is 0. The fourth-order valence-corrected chi connectivity index (χ4v) is 2.61. The van der Waals surface area contributed by atoms with E-state index in [1.807, 2.05) is 18.2 Å². The average molecular weight is 321 g/mol. The molecule has 0 aliphatic carbocycles. The Bertz CT molecular complexity index is 559. The molecule has 0 amide bonds. The van der Waals surface area contributed by atoms with Gasteiger partial charge in [0.1, 0.15) is 12.4 Å². The molecule has 0 saturated heterocycles. The van der Waals surface area contributed by atoms with Crippen molar-refractivity contribution in [1.82, 2.24) is 0 Å². The van der Waals surface area contributed by atoms with Gasteiger partial charge in [0, 0.05) is 0 Å². The van der Waals surface area contributed by atoms with E-state index in [1.165, 1.54) is 11.1 Å². The van der Waals surface area contributed by atoms with Crippen LogP contribution in [0, 0.1) is 13.8 Å². The fraction of sp³-hybridized carbons (Fsp3) is 0.250. The standard InChI is InChI=1S/C16H17BrO2/c1-11-5-12(2)7-14(6-11)10-19-16-4-3-13(9-18)8-15(16)17/h3-8,18H,9-10H2,1-2H3. The highest BCUT2D eigenvalue weighted by molar-refractivity contribution is 9.10. The van der Waals surface area contributed by atoms with E-state index in [0.29, 0.717) is 6.61 Å². The van der Waals surface area contributed by atoms with Crippen LogP contribution in [0.1, 0.15) is 22.3 Å². The van der Waals surface area contributed by atoms with Crippen molar-refractivity contribution in [3.8, 4) is 5.75 Å². The Morgan fingerprint density at radius 3 is 2.26 bits per heavy atom. The van der Waals surface area contributed by atoms with E-state index < -0.39 is 0 Å². The van der Waals surface area contributed by atoms with Crippen molar-refractivity contribution in [2.75, 3.05) is 0 Å². The second-order valence-corrected chi connectivity index (χ2v) is 5.56. The maximum absolute atomic E-state index is 9.06. The highest BCUT2D eigenvalue weighted by atomic mass is 79.9. The first-order valence-corrected chi connectivity index (χ1v) is 6.97. The molecular weight excluding hydrogens is 304 g/mol. The van der Waals surface area contributed by atoms with E-state index in [0.717, 1.165) is 21.3 Å². The molecule has 0 atom stereocenters. The van der Waals surface area contributed by atoms with Crippen LogP contribution in [-0.4, -0.2) is 5.11 Å². The third-order valence-corrected chi connectivity index (χ3v) is 3.47. The van der Waals surface area contributed by atoms with Crippen molar-refractivity contribution in [2.24, 2.45) is 0 Å². The van der Waals surface area contributed by atoms with E-state index in [-0.39, 0.29) is 6.61 Å². The highest BCUT2D eigenvalue weighted by Crippen LogP contribution is 2.27. The lowest BCUT2D eigenvalue weighted by Gasteiger charge is -2.10. The van der Waals surface area contributed by atoms with Crippen LogP contribution >= 0.6 is 15.9 Å². The first kappa shape index (κ1) is 14.1. The number of halogens is 1. The van der Waals surface area contributed by atoms with Gasteiger partial charge in [0.05, 0.1) is 11.1 Å². The van der Waals surface area contributed by atoms with Gasteiger partial charge in [-0.05, 0) is 53.0 Å². The minimum Gasteiger partial charge on any atom is -0.488 e. The predicted octanol–water partition coefficient (Wildman–Crippen LogP) is 4.14. The van der Waals surface area contributed by atoms with E-state index >= 15 is 0 Å². The van der Waals surface area contributed by atoms with Gasteiger partial charge in [-0.2, -0.15) is 0 Å². The minimum absolute atomic E-state index is 0.0377. The summed E-state index contributed by atoms with van der Waals surface area (Å²) in [7, 11) is 0. The van der Waals surface area contributed by atoms with Crippen molar-refractivity contribution in [1.29, 1.82) is 0 Å². The summed E-state index contributed by atoms with van der Waals surface area (Å²) >= 11 is 3.45. The Labute approximate surface area is 122 Å². The lowest BCUT2D eigenvalue weighted by molar-refractivity contribution is 0.280. The highest BCUT2D eigenvalue weighted by Gasteiger charge is 2.03. The number of rotatable bonds is 4. The van der Waals surface area contributed by atoms with Crippen molar-refractivity contribution >= 4 is 15.9 Å². The van der Waals surface area contributed by atoms with Gasteiger partial charge in [0.2, 0.25) is 0 Å². The Morgan fingerprint density at radius 1 is 1.00 bits per heavy atom. The Balaban J connectivity index is 2.10. The van der Waals surface area contributed by atoms with Crippen molar-refractivity contribution in [3.63, 3.8) is 0 Å². The molecule has 0 saturated carbocycles. The Hall–Kier alpha value is -1.32. The first-order chi connectivity index (χ1) is 9.08. The molecule has 0 bridgehead atoms. The summed E-state index contributed by atoms with van der Waals surface area (Å²) in [5.74, 6) is 0.788. The number of aryl methyl sites for hydroxylation is 2. The van der Waals surface area contributed by atoms with E-state index in [4.69, 9.17) is 9.84 Å². The third-order valence-electron chi connectivity index (χ3n) is 2.85. The van der Waals surface area contributed by atoms with Crippen LogP contribution in [0.3, 0.4) is 0 Å². The van der Waals surface area contributed by atoms with Gasteiger partial charge in [0.25, 0.3) is 0 Å². The Morgan fingerprint density at radius 2 is 1.68 bits per heavy atom. The predicted molar refractivity (Wildman–Crippen MR) is 80.3 cm³/mol. The summed E-state index contributed by atoms with van der Waals surface area (Å²) in [6, 6.07) is 12.0. The molecule has 0 aliphatic heterocycles. The van der Waals surface area contributed by atoms with E-state index in [2.05, 4.69) is 48.0 Å². The second kappa shape index (κ2) is 6.22. The summed E-state index contributed by atoms with van der Waals surface area (Å²) in [6.45, 7) is 4.75. The number of aliphatic hydroxyl groups excluding tert-OH is 1. The molecule has 2 aromatic carbocycles. The quantitative estimate of drug-likeness (QED) is 0.917. The van der Waals surface area contributed by atoms with Crippen LogP contribution < -0.4 is 4.74 Å². The molecule has 19 heavy (non-hydrogen) atoms. The van der Waals surface area contributed by atoms with Crippen LogP contribution in [0.15, 0.2) is 40.9 Å². The van der Waals surface area contributed by atoms with Crippen LogP contribution in [0.5, 0.6) is 5.75 Å². The minimum atomic E-state index is 0.0377. The van der Waals surface area contributed by atoms with Gasteiger partial charge in [-0.1, -0.05) is 35.4 Å². The fourth-order valence-electron chi connectivity index (χ4n) is 2.07. The lowest BCUT2D eigenvalue weighted by atomic mass is 10.1. The molecule has 2 aromatic rings. The van der Waals surface area contributed by atoms with Crippen molar-refractivity contribution in [3.05, 3.63) is 63.1 Å². The second-order valence-electron chi connectivity index (χ2n) is 4.71. The van der Waals surface area contributed by atoms with Crippen LogP contribution in [0.4, 0.5) is 0 Å². The summed E-state index contributed by atoms with van der Waals surface area (Å²) < 4.78 is 6.67. The molecule has 1 N–H and O–H groups in total. The molecule has 0 aliphatic rings. The summed E-state index contributed by atoms with van der Waals surface area (Å²) in [6.07, 6.45) is 0. The topological polar surface area (TPSA) is 29.5 Å². The summed E-state index contributed by atoms with van der Waals surface area (Å²) in [5.41, 5.74) is 4.52. The molecule has 0 spiro atoms. The van der Waals surface area contributed by atoms with E-state index in [1.54, 1.807) is 0 Å². The SMILES string of the molecule is Cc1cc(C)cc(COc2ccc(CO)cc2Br)c1. The zero-order valence-corrected chi connectivity index (χ0v) is 12.7. The third kappa shape index (κ3) is 3.82. The lowest BCUT2D eigenvalue weighted by Crippen LogP contribution is -1.97. The monoisotopic (exact) mass is 320 g/mol. The van der Waals surface area contributed by atoms with Crippen molar-refractivity contribution in [2.45, 2.75) is 27.1 Å². The average Bonchev–Trinajstić information content (AvgIpc) is 2.36. The number of hydrogen-bond acceptors (Lipinski definition) is 2. The molecule has 3 heteroatoms. The van der Waals surface area contributed by atoms with Crippen LogP contribution in [0.25, 0.3) is 0 Å². The molecule has 100 valence electrons. The smallest absolute Gasteiger partial charge is 0.134 e. The van der Waals surface area contributed by atoms with Gasteiger partial charge in [-0.15, -0.1) is 0 Å². The van der Waals surface area contributed by atoms with Crippen LogP contribution in [0.2, 0.25) is 0 Å². The molecule has 0 aromatic heterocycles. The number of aliphatic hydroxyl groups is 1. The number of ether oxygens (including phenoxy) is 1. The zero-order valence-electron chi connectivity index (χ0n) is 11.1. The molecule has 0 fully saturated rings. The number of benzene rings is 2. The molecule has 0 heterocycles. The first-order valence-electron chi connectivity index (χ1n) is 6.18.